The number of pyridine rings is 1. The molecule has 1 saturated heterocycles. The zero-order valence-electron chi connectivity index (χ0n) is 15.3. The number of nitriles is 1. The van der Waals surface area contributed by atoms with Crippen molar-refractivity contribution in [3.05, 3.63) is 46.4 Å². The molecule has 0 spiro atoms. The van der Waals surface area contributed by atoms with E-state index in [0.29, 0.717) is 29.2 Å². The van der Waals surface area contributed by atoms with Crippen LogP contribution in [0, 0.1) is 17.2 Å². The van der Waals surface area contributed by atoms with Gasteiger partial charge in [-0.2, -0.15) is 5.26 Å². The van der Waals surface area contributed by atoms with E-state index in [9.17, 15) is 23.2 Å². The van der Waals surface area contributed by atoms with Crippen molar-refractivity contribution >= 4 is 22.6 Å². The molecule has 2 amide bonds. The summed E-state index contributed by atoms with van der Waals surface area (Å²) in [5, 5.41) is 12.8. The van der Waals surface area contributed by atoms with Gasteiger partial charge in [0.2, 0.25) is 5.91 Å². The summed E-state index contributed by atoms with van der Waals surface area (Å²) in [5.74, 6) is -4.37. The summed E-state index contributed by atoms with van der Waals surface area (Å²) >= 11 is 0. The first-order valence-electron chi connectivity index (χ1n) is 9.28. The molecule has 2 heterocycles. The van der Waals surface area contributed by atoms with Gasteiger partial charge < -0.3 is 15.2 Å². The summed E-state index contributed by atoms with van der Waals surface area (Å²) in [6.07, 6.45) is 1.37. The van der Waals surface area contributed by atoms with Gasteiger partial charge in [0.25, 0.3) is 17.4 Å². The highest BCUT2D eigenvalue weighted by Crippen LogP contribution is 2.36. The minimum atomic E-state index is -3.04. The Morgan fingerprint density at radius 1 is 1.24 bits per heavy atom. The fourth-order valence-corrected chi connectivity index (χ4v) is 4.00. The van der Waals surface area contributed by atoms with Crippen molar-refractivity contribution in [2.75, 3.05) is 6.54 Å². The number of halogens is 2. The van der Waals surface area contributed by atoms with Crippen LogP contribution in [0.1, 0.15) is 29.6 Å². The van der Waals surface area contributed by atoms with Crippen LogP contribution in [0.2, 0.25) is 0 Å². The number of aromatic nitrogens is 1. The average molecular weight is 400 g/mol. The lowest BCUT2D eigenvalue weighted by molar-refractivity contribution is -0.140. The van der Waals surface area contributed by atoms with E-state index in [-0.39, 0.29) is 17.5 Å². The van der Waals surface area contributed by atoms with Crippen LogP contribution in [-0.4, -0.2) is 46.2 Å². The summed E-state index contributed by atoms with van der Waals surface area (Å²) in [6.45, 7) is -0.735. The smallest absolute Gasteiger partial charge is 0.268 e. The van der Waals surface area contributed by atoms with Crippen molar-refractivity contribution in [1.82, 2.24) is 15.2 Å². The van der Waals surface area contributed by atoms with E-state index in [4.69, 9.17) is 5.26 Å². The molecule has 1 saturated carbocycles. The van der Waals surface area contributed by atoms with E-state index in [0.717, 1.165) is 4.90 Å². The van der Waals surface area contributed by atoms with Crippen LogP contribution in [0.25, 0.3) is 10.8 Å². The predicted molar refractivity (Wildman–Crippen MR) is 99.2 cm³/mol. The van der Waals surface area contributed by atoms with Gasteiger partial charge in [-0.1, -0.05) is 18.2 Å². The second-order valence-electron chi connectivity index (χ2n) is 7.59. The molecule has 9 heteroatoms. The van der Waals surface area contributed by atoms with E-state index < -0.39 is 36.8 Å². The first-order chi connectivity index (χ1) is 13.8. The Morgan fingerprint density at radius 3 is 2.62 bits per heavy atom. The topological polar surface area (TPSA) is 106 Å². The third-order valence-corrected chi connectivity index (χ3v) is 5.58. The molecule has 0 radical (unpaired) electrons. The van der Waals surface area contributed by atoms with Crippen molar-refractivity contribution in [2.45, 2.75) is 37.3 Å². The SMILES string of the molecule is N#C[C@@H]1CC(F)(F)CN1C(=O)C1CC(NC(=O)c2c[nH]c(=O)c3ccccc23)C1. The van der Waals surface area contributed by atoms with Gasteiger partial charge in [-0.25, -0.2) is 8.78 Å². The Balaban J connectivity index is 1.40. The molecular weight excluding hydrogens is 382 g/mol. The molecule has 1 atom stereocenters. The first kappa shape index (κ1) is 19.1. The Hall–Kier alpha value is -3.28. The fraction of sp³-hybridized carbons (Fsp3) is 0.400. The van der Waals surface area contributed by atoms with Gasteiger partial charge in [0.15, 0.2) is 0 Å². The third kappa shape index (κ3) is 3.46. The molecule has 1 aromatic carbocycles. The largest absolute Gasteiger partial charge is 0.349 e. The van der Waals surface area contributed by atoms with Crippen molar-refractivity contribution in [2.24, 2.45) is 5.92 Å². The number of H-pyrrole nitrogens is 1. The van der Waals surface area contributed by atoms with Gasteiger partial charge in [0.05, 0.1) is 18.2 Å². The molecule has 0 unspecified atom stereocenters. The number of hydrogen-bond acceptors (Lipinski definition) is 4. The predicted octanol–water partition coefficient (Wildman–Crippen LogP) is 1.80. The second kappa shape index (κ2) is 6.95. The normalized spacial score (nSPS) is 25.3. The van der Waals surface area contributed by atoms with Gasteiger partial charge in [0, 0.05) is 35.3 Å². The van der Waals surface area contributed by atoms with Crippen LogP contribution in [-0.2, 0) is 4.79 Å². The van der Waals surface area contributed by atoms with E-state index in [2.05, 4.69) is 10.3 Å². The second-order valence-corrected chi connectivity index (χ2v) is 7.59. The number of nitrogens with one attached hydrogen (secondary N) is 2. The molecule has 29 heavy (non-hydrogen) atoms. The number of alkyl halides is 2. The maximum absolute atomic E-state index is 13.5. The minimum Gasteiger partial charge on any atom is -0.349 e. The average Bonchev–Trinajstić information content (AvgIpc) is 2.99. The van der Waals surface area contributed by atoms with Gasteiger partial charge in [-0.15, -0.1) is 0 Å². The summed E-state index contributed by atoms with van der Waals surface area (Å²) in [7, 11) is 0. The van der Waals surface area contributed by atoms with Crippen LogP contribution in [0.5, 0.6) is 0 Å². The number of hydrogen-bond donors (Lipinski definition) is 2. The number of likely N-dealkylation sites (tertiary alicyclic amines) is 1. The lowest BCUT2D eigenvalue weighted by Gasteiger charge is -2.37. The van der Waals surface area contributed by atoms with Crippen molar-refractivity contribution < 1.29 is 18.4 Å². The summed E-state index contributed by atoms with van der Waals surface area (Å²) in [4.78, 5) is 40.5. The van der Waals surface area contributed by atoms with Gasteiger partial charge in [-0.05, 0) is 18.9 Å². The lowest BCUT2D eigenvalue weighted by Crippen LogP contribution is -2.51. The van der Waals surface area contributed by atoms with Crippen molar-refractivity contribution in [1.29, 1.82) is 5.26 Å². The Bertz CT molecular complexity index is 1090. The summed E-state index contributed by atoms with van der Waals surface area (Å²) < 4.78 is 27.1. The Kier molecular flexibility index (Phi) is 4.57. The molecule has 1 aliphatic carbocycles. The number of carbonyl (C=O) groups excluding carboxylic acids is 2. The van der Waals surface area contributed by atoms with Gasteiger partial charge in [-0.3, -0.25) is 14.4 Å². The van der Waals surface area contributed by atoms with Crippen LogP contribution < -0.4 is 10.9 Å². The minimum absolute atomic E-state index is 0.272. The van der Waals surface area contributed by atoms with Gasteiger partial charge in [0.1, 0.15) is 6.04 Å². The Morgan fingerprint density at radius 2 is 1.93 bits per heavy atom. The van der Waals surface area contributed by atoms with Gasteiger partial charge >= 0.3 is 0 Å². The van der Waals surface area contributed by atoms with E-state index in [1.807, 2.05) is 0 Å². The molecule has 0 bridgehead atoms. The number of nitrogens with zero attached hydrogens (tertiary/aromatic N) is 2. The molecule has 4 rings (SSSR count). The fourth-order valence-electron chi connectivity index (χ4n) is 4.00. The maximum Gasteiger partial charge on any atom is 0.268 e. The standard InChI is InChI=1S/C20H18F2N4O3/c21-20(22)7-13(8-23)26(10-20)19(29)11-5-12(6-11)25-18(28)16-9-24-17(27)15-4-2-1-3-14(15)16/h1-4,9,11-13H,5-7,10H2,(H,24,27)(H,25,28)/t11?,12?,13-/m0/s1. The lowest BCUT2D eigenvalue weighted by atomic mass is 9.79. The number of carbonyl (C=O) groups is 2. The number of aromatic amines is 1. The summed E-state index contributed by atoms with van der Waals surface area (Å²) in [5.41, 5.74) is 0.0274. The molecule has 2 fully saturated rings. The number of benzene rings is 1. The molecule has 2 aliphatic rings. The first-order valence-corrected chi connectivity index (χ1v) is 9.28. The molecular formula is C20H18F2N4O3. The van der Waals surface area contributed by atoms with E-state index >= 15 is 0 Å². The molecule has 1 aromatic heterocycles. The zero-order chi connectivity index (χ0) is 20.8. The van der Waals surface area contributed by atoms with Crippen LogP contribution in [0.3, 0.4) is 0 Å². The summed E-state index contributed by atoms with van der Waals surface area (Å²) in [6, 6.07) is 7.13. The molecule has 2 aromatic rings. The molecule has 150 valence electrons. The Labute approximate surface area is 164 Å². The van der Waals surface area contributed by atoms with Crippen LogP contribution in [0.15, 0.2) is 35.3 Å². The van der Waals surface area contributed by atoms with Crippen molar-refractivity contribution in [3.63, 3.8) is 0 Å². The molecule has 7 nitrogen and oxygen atoms in total. The van der Waals surface area contributed by atoms with Crippen LogP contribution in [0.4, 0.5) is 8.78 Å². The number of fused-ring (bicyclic) bond motifs is 1. The maximum atomic E-state index is 13.5. The highest BCUT2D eigenvalue weighted by molar-refractivity contribution is 6.06. The van der Waals surface area contributed by atoms with E-state index in [1.165, 1.54) is 6.20 Å². The molecule has 1 aliphatic heterocycles. The number of amides is 2. The highest BCUT2D eigenvalue weighted by Gasteiger charge is 2.50. The van der Waals surface area contributed by atoms with Crippen LogP contribution >= 0.6 is 0 Å². The quantitative estimate of drug-likeness (QED) is 0.819. The third-order valence-electron chi connectivity index (χ3n) is 5.58. The number of rotatable bonds is 3. The zero-order valence-corrected chi connectivity index (χ0v) is 15.3. The highest BCUT2D eigenvalue weighted by atomic mass is 19.3. The molecule has 2 N–H and O–H groups in total. The monoisotopic (exact) mass is 400 g/mol. The van der Waals surface area contributed by atoms with E-state index in [1.54, 1.807) is 30.3 Å². The van der Waals surface area contributed by atoms with Crippen molar-refractivity contribution in [3.8, 4) is 6.07 Å².